The van der Waals surface area contributed by atoms with Crippen LogP contribution < -0.4 is 31.4 Å². The molecule has 0 aliphatic heterocycles. The van der Waals surface area contributed by atoms with Gasteiger partial charge in [0.25, 0.3) is 11.8 Å². The van der Waals surface area contributed by atoms with Crippen molar-refractivity contribution < 1.29 is 19.1 Å². The number of aryl methyl sites for hydroxylation is 1. The highest BCUT2D eigenvalue weighted by atomic mass is 16.5. The van der Waals surface area contributed by atoms with Crippen molar-refractivity contribution in [3.8, 4) is 11.5 Å². The number of carbonyl (C=O) groups excluding carboxylic acids is 2. The molecule has 0 fully saturated rings. The van der Waals surface area contributed by atoms with E-state index in [0.717, 1.165) is 5.56 Å². The van der Waals surface area contributed by atoms with Crippen LogP contribution >= 0.6 is 0 Å². The standard InChI is InChI=1S/C27H32N6O4/c1-5-36-23-14-19(9-13-22(23)37-16(2)3)24(31-20-10-7-18(8-11-20)25(28)29)27(35)33-32-26(34)21-12-6-17(4)15-30-21/h6-16,24,31H,5H2,1-4H3,(H3,28,29)(H,32,34)(H,33,35). The number of pyridine rings is 1. The Morgan fingerprint density at radius 2 is 1.76 bits per heavy atom. The normalized spacial score (nSPS) is 11.4. The van der Waals surface area contributed by atoms with Gasteiger partial charge in [0.05, 0.1) is 12.7 Å². The number of benzene rings is 2. The van der Waals surface area contributed by atoms with Gasteiger partial charge in [-0.05, 0) is 81.3 Å². The topological polar surface area (TPSA) is 151 Å². The third-order valence-electron chi connectivity index (χ3n) is 5.18. The molecule has 3 rings (SSSR count). The summed E-state index contributed by atoms with van der Waals surface area (Å²) in [5, 5.41) is 10.8. The molecule has 6 N–H and O–H groups in total. The maximum absolute atomic E-state index is 13.3. The van der Waals surface area contributed by atoms with Crippen molar-refractivity contribution in [1.82, 2.24) is 15.8 Å². The first kappa shape index (κ1) is 27.0. The first-order valence-corrected chi connectivity index (χ1v) is 11.8. The monoisotopic (exact) mass is 504 g/mol. The number of amides is 2. The second-order valence-electron chi connectivity index (χ2n) is 8.54. The second-order valence-corrected chi connectivity index (χ2v) is 8.54. The van der Waals surface area contributed by atoms with Crippen LogP contribution in [0.3, 0.4) is 0 Å². The number of aromatic nitrogens is 1. The molecule has 37 heavy (non-hydrogen) atoms. The van der Waals surface area contributed by atoms with Gasteiger partial charge >= 0.3 is 0 Å². The Kier molecular flexibility index (Phi) is 9.04. The highest BCUT2D eigenvalue weighted by Gasteiger charge is 2.24. The maximum atomic E-state index is 13.3. The lowest BCUT2D eigenvalue weighted by Gasteiger charge is -2.22. The molecule has 0 radical (unpaired) electrons. The fourth-order valence-corrected chi connectivity index (χ4v) is 3.39. The Labute approximate surface area is 216 Å². The predicted octanol–water partition coefficient (Wildman–Crippen LogP) is 3.47. The molecule has 194 valence electrons. The average Bonchev–Trinajstić information content (AvgIpc) is 2.87. The molecule has 0 saturated heterocycles. The van der Waals surface area contributed by atoms with Crippen molar-refractivity contribution in [2.75, 3.05) is 11.9 Å². The number of nitrogens with zero attached hydrogens (tertiary/aromatic N) is 1. The molecule has 0 bridgehead atoms. The molecule has 1 unspecified atom stereocenters. The van der Waals surface area contributed by atoms with E-state index in [1.54, 1.807) is 60.8 Å². The minimum Gasteiger partial charge on any atom is -0.490 e. The van der Waals surface area contributed by atoms with Crippen molar-refractivity contribution in [3.05, 3.63) is 83.2 Å². The van der Waals surface area contributed by atoms with Crippen LogP contribution in [-0.2, 0) is 4.79 Å². The van der Waals surface area contributed by atoms with Crippen molar-refractivity contribution in [3.63, 3.8) is 0 Å². The number of rotatable bonds is 10. The Hall–Kier alpha value is -4.60. The van der Waals surface area contributed by atoms with Gasteiger partial charge in [-0.3, -0.25) is 30.8 Å². The average molecular weight is 505 g/mol. The number of hydrogen-bond acceptors (Lipinski definition) is 7. The summed E-state index contributed by atoms with van der Waals surface area (Å²) in [5.41, 5.74) is 13.3. The van der Waals surface area contributed by atoms with Crippen molar-refractivity contribution in [2.24, 2.45) is 5.73 Å². The van der Waals surface area contributed by atoms with E-state index in [1.165, 1.54) is 0 Å². The molecule has 0 aliphatic rings. The van der Waals surface area contributed by atoms with Crippen LogP contribution in [0.15, 0.2) is 60.8 Å². The Bertz CT molecular complexity index is 1240. The van der Waals surface area contributed by atoms with Crippen molar-refractivity contribution in [2.45, 2.75) is 39.8 Å². The Morgan fingerprint density at radius 1 is 1.03 bits per heavy atom. The second kappa shape index (κ2) is 12.4. The molecule has 0 saturated carbocycles. The number of hydrogen-bond donors (Lipinski definition) is 5. The van der Waals surface area contributed by atoms with Gasteiger partial charge in [-0.25, -0.2) is 0 Å². The summed E-state index contributed by atoms with van der Waals surface area (Å²) in [7, 11) is 0. The van der Waals surface area contributed by atoms with Gasteiger partial charge in [0.1, 0.15) is 17.6 Å². The summed E-state index contributed by atoms with van der Waals surface area (Å²) in [6.07, 6.45) is 1.51. The molecule has 0 spiro atoms. The predicted molar refractivity (Wildman–Crippen MR) is 142 cm³/mol. The summed E-state index contributed by atoms with van der Waals surface area (Å²) in [6, 6.07) is 14.4. The van der Waals surface area contributed by atoms with Crippen LogP contribution in [-0.4, -0.2) is 35.3 Å². The number of amidine groups is 1. The summed E-state index contributed by atoms with van der Waals surface area (Å²) in [6.45, 7) is 7.97. The SMILES string of the molecule is CCOc1cc(C(Nc2ccc(C(=N)N)cc2)C(=O)NNC(=O)c2ccc(C)cn2)ccc1OC(C)C. The molecule has 1 heterocycles. The molecule has 10 nitrogen and oxygen atoms in total. The van der Waals surface area contributed by atoms with Gasteiger partial charge in [0.2, 0.25) is 0 Å². The lowest BCUT2D eigenvalue weighted by atomic mass is 10.0. The first-order valence-electron chi connectivity index (χ1n) is 11.8. The highest BCUT2D eigenvalue weighted by Crippen LogP contribution is 2.32. The van der Waals surface area contributed by atoms with Gasteiger partial charge in [0, 0.05) is 17.4 Å². The quantitative estimate of drug-likeness (QED) is 0.161. The molecule has 10 heteroatoms. The number of carbonyl (C=O) groups is 2. The van der Waals surface area contributed by atoms with E-state index in [1.807, 2.05) is 27.7 Å². The highest BCUT2D eigenvalue weighted by molar-refractivity contribution is 5.96. The molecule has 2 amide bonds. The van der Waals surface area contributed by atoms with E-state index < -0.39 is 17.9 Å². The largest absolute Gasteiger partial charge is 0.490 e. The van der Waals surface area contributed by atoms with Crippen LogP contribution in [0, 0.1) is 12.3 Å². The van der Waals surface area contributed by atoms with E-state index in [0.29, 0.717) is 34.9 Å². The third kappa shape index (κ3) is 7.44. The first-order chi connectivity index (χ1) is 17.7. The zero-order valence-corrected chi connectivity index (χ0v) is 21.3. The van der Waals surface area contributed by atoms with Crippen molar-refractivity contribution in [1.29, 1.82) is 5.41 Å². The summed E-state index contributed by atoms with van der Waals surface area (Å²) >= 11 is 0. The number of nitrogens with two attached hydrogens (primary N) is 1. The van der Waals surface area contributed by atoms with E-state index in [2.05, 4.69) is 21.2 Å². The fraction of sp³-hybridized carbons (Fsp3) is 0.259. The minimum atomic E-state index is -0.915. The van der Waals surface area contributed by atoms with Crippen LogP contribution in [0.2, 0.25) is 0 Å². The molecule has 1 aromatic heterocycles. The Balaban J connectivity index is 1.88. The number of ether oxygens (including phenoxy) is 2. The number of nitrogens with one attached hydrogen (secondary N) is 4. The van der Waals surface area contributed by atoms with E-state index in [4.69, 9.17) is 20.6 Å². The van der Waals surface area contributed by atoms with E-state index in [9.17, 15) is 9.59 Å². The zero-order valence-electron chi connectivity index (χ0n) is 21.3. The molecule has 3 aromatic rings. The number of hydrazine groups is 1. The maximum Gasteiger partial charge on any atom is 0.288 e. The van der Waals surface area contributed by atoms with Gasteiger partial charge in [-0.15, -0.1) is 0 Å². The smallest absolute Gasteiger partial charge is 0.288 e. The van der Waals surface area contributed by atoms with E-state index in [-0.39, 0.29) is 17.6 Å². The van der Waals surface area contributed by atoms with Gasteiger partial charge in [-0.2, -0.15) is 0 Å². The molecule has 0 aliphatic carbocycles. The summed E-state index contributed by atoms with van der Waals surface area (Å²) in [5.74, 6) is -0.0718. The molecule has 2 aromatic carbocycles. The van der Waals surface area contributed by atoms with Crippen LogP contribution in [0.25, 0.3) is 0 Å². The number of nitrogen functional groups attached to an aromatic ring is 1. The van der Waals surface area contributed by atoms with Gasteiger partial charge < -0.3 is 20.5 Å². The number of anilines is 1. The molecular weight excluding hydrogens is 472 g/mol. The minimum absolute atomic E-state index is 0.0598. The third-order valence-corrected chi connectivity index (χ3v) is 5.18. The molecular formula is C27H32N6O4. The lowest BCUT2D eigenvalue weighted by molar-refractivity contribution is -0.122. The summed E-state index contributed by atoms with van der Waals surface area (Å²) < 4.78 is 11.6. The van der Waals surface area contributed by atoms with Crippen molar-refractivity contribution >= 4 is 23.3 Å². The van der Waals surface area contributed by atoms with Crippen LogP contribution in [0.1, 0.15) is 54.0 Å². The summed E-state index contributed by atoms with van der Waals surface area (Å²) in [4.78, 5) is 29.9. The zero-order chi connectivity index (χ0) is 26.9. The van der Waals surface area contributed by atoms with Crippen LogP contribution in [0.4, 0.5) is 5.69 Å². The molecule has 1 atom stereocenters. The van der Waals surface area contributed by atoms with E-state index >= 15 is 0 Å². The fourth-order valence-electron chi connectivity index (χ4n) is 3.39. The van der Waals surface area contributed by atoms with Gasteiger partial charge in [-0.1, -0.05) is 12.1 Å². The lowest BCUT2D eigenvalue weighted by Crippen LogP contribution is -2.45. The van der Waals surface area contributed by atoms with Gasteiger partial charge in [0.15, 0.2) is 11.5 Å². The van der Waals surface area contributed by atoms with Crippen LogP contribution in [0.5, 0.6) is 11.5 Å². The Morgan fingerprint density at radius 3 is 2.35 bits per heavy atom.